The van der Waals surface area contributed by atoms with E-state index in [9.17, 15) is 9.59 Å². The summed E-state index contributed by atoms with van der Waals surface area (Å²) in [5, 5.41) is 2.86. The van der Waals surface area contributed by atoms with E-state index >= 15 is 0 Å². The number of hydrogen-bond donors (Lipinski definition) is 1. The molecule has 0 fully saturated rings. The number of anilines is 1. The summed E-state index contributed by atoms with van der Waals surface area (Å²) in [4.78, 5) is 26.1. The lowest BCUT2D eigenvalue weighted by atomic mass is 10.2. The molecule has 0 aliphatic carbocycles. The number of hydrogen-bond acceptors (Lipinski definition) is 5. The summed E-state index contributed by atoms with van der Waals surface area (Å²) in [6.45, 7) is 2.08. The van der Waals surface area contributed by atoms with Crippen LogP contribution < -0.4 is 20.2 Å². The van der Waals surface area contributed by atoms with Crippen LogP contribution in [0.3, 0.4) is 0 Å². The third kappa shape index (κ3) is 5.45. The van der Waals surface area contributed by atoms with Gasteiger partial charge in [-0.1, -0.05) is 29.8 Å². The largest absolute Gasteiger partial charge is 0.495 e. The van der Waals surface area contributed by atoms with Gasteiger partial charge in [-0.25, -0.2) is 0 Å². The Morgan fingerprint density at radius 2 is 1.73 bits per heavy atom. The van der Waals surface area contributed by atoms with Gasteiger partial charge in [-0.3, -0.25) is 9.59 Å². The average molecular weight is 425 g/mol. The zero-order valence-electron chi connectivity index (χ0n) is 17.2. The summed E-state index contributed by atoms with van der Waals surface area (Å²) in [6, 6.07) is 16.9. The van der Waals surface area contributed by atoms with E-state index in [0.717, 1.165) is 10.6 Å². The van der Waals surface area contributed by atoms with Crippen LogP contribution in [0.15, 0.2) is 70.5 Å². The Morgan fingerprint density at radius 1 is 1.03 bits per heavy atom. The van der Waals surface area contributed by atoms with E-state index in [2.05, 4.69) is 5.32 Å². The number of carbonyl (C=O) groups is 1. The maximum Gasteiger partial charge on any atom is 0.244 e. The van der Waals surface area contributed by atoms with Crippen molar-refractivity contribution in [1.82, 2.24) is 4.57 Å². The predicted octanol–water partition coefficient (Wildman–Crippen LogP) is 4.10. The monoisotopic (exact) mass is 424 g/mol. The van der Waals surface area contributed by atoms with E-state index in [0.29, 0.717) is 17.2 Å². The minimum atomic E-state index is -0.230. The van der Waals surface area contributed by atoms with Crippen molar-refractivity contribution in [3.05, 3.63) is 82.3 Å². The van der Waals surface area contributed by atoms with E-state index in [1.807, 2.05) is 43.3 Å². The maximum absolute atomic E-state index is 12.7. The lowest BCUT2D eigenvalue weighted by molar-refractivity contribution is -0.116. The minimum absolute atomic E-state index is 0.0402. The summed E-state index contributed by atoms with van der Waals surface area (Å²) < 4.78 is 12.2. The number of nitrogens with one attached hydrogen (secondary N) is 1. The molecule has 3 aromatic rings. The molecule has 6 nitrogen and oxygen atoms in total. The van der Waals surface area contributed by atoms with Gasteiger partial charge in [-0.05, 0) is 31.2 Å². The first kappa shape index (κ1) is 21.5. The summed E-state index contributed by atoms with van der Waals surface area (Å²) in [5.74, 6) is 1.10. The van der Waals surface area contributed by atoms with Gasteiger partial charge in [0.05, 0.1) is 26.1 Å². The zero-order chi connectivity index (χ0) is 21.5. The standard InChI is InChI=1S/C23H24N2O4S/c1-16-8-10-18(11-9-16)30-15-17-12-20(26)22(29-3)13-25(17)14-23(27)24-19-6-4-5-7-21(19)28-2/h4-13H,14-15H2,1-3H3,(H,24,27). The molecule has 0 atom stereocenters. The Hall–Kier alpha value is -3.19. The lowest BCUT2D eigenvalue weighted by Gasteiger charge is -2.16. The van der Waals surface area contributed by atoms with Crippen LogP contribution in [0, 0.1) is 6.92 Å². The molecule has 7 heteroatoms. The molecule has 1 aromatic heterocycles. The van der Waals surface area contributed by atoms with Crippen molar-refractivity contribution >= 4 is 23.4 Å². The molecule has 156 valence electrons. The van der Waals surface area contributed by atoms with Gasteiger partial charge in [0.15, 0.2) is 5.75 Å². The van der Waals surface area contributed by atoms with E-state index < -0.39 is 0 Å². The first-order valence-electron chi connectivity index (χ1n) is 9.40. The van der Waals surface area contributed by atoms with Gasteiger partial charge in [0.2, 0.25) is 11.3 Å². The second kappa shape index (κ2) is 10.0. The predicted molar refractivity (Wildman–Crippen MR) is 120 cm³/mol. The topological polar surface area (TPSA) is 69.6 Å². The third-order valence-corrected chi connectivity index (χ3v) is 5.55. The normalized spacial score (nSPS) is 10.5. The first-order valence-corrected chi connectivity index (χ1v) is 10.4. The molecule has 0 unspecified atom stereocenters. The molecular formula is C23H24N2O4S. The molecule has 2 aromatic carbocycles. The van der Waals surface area contributed by atoms with Crippen LogP contribution in [0.5, 0.6) is 11.5 Å². The number of amides is 1. The highest BCUT2D eigenvalue weighted by Gasteiger charge is 2.13. The number of benzene rings is 2. The Balaban J connectivity index is 1.80. The molecule has 30 heavy (non-hydrogen) atoms. The van der Waals surface area contributed by atoms with Gasteiger partial charge < -0.3 is 19.4 Å². The quantitative estimate of drug-likeness (QED) is 0.551. The van der Waals surface area contributed by atoms with Gasteiger partial charge in [0.1, 0.15) is 12.3 Å². The number of para-hydroxylation sites is 2. The molecule has 0 bridgehead atoms. The van der Waals surface area contributed by atoms with Crippen LogP contribution in [-0.2, 0) is 17.1 Å². The number of aryl methyl sites for hydroxylation is 1. The van der Waals surface area contributed by atoms with E-state index in [1.54, 1.807) is 41.8 Å². The van der Waals surface area contributed by atoms with Crippen molar-refractivity contribution in [2.45, 2.75) is 24.1 Å². The average Bonchev–Trinajstić information content (AvgIpc) is 2.75. The molecule has 3 rings (SSSR count). The van der Waals surface area contributed by atoms with Crippen LogP contribution in [0.4, 0.5) is 5.69 Å². The molecule has 1 heterocycles. The maximum atomic E-state index is 12.7. The SMILES string of the molecule is COc1ccccc1NC(=O)Cn1cc(OC)c(=O)cc1CSc1ccc(C)cc1. The van der Waals surface area contributed by atoms with Crippen molar-refractivity contribution in [3.63, 3.8) is 0 Å². The molecule has 0 saturated carbocycles. The Labute approximate surface area is 179 Å². The van der Waals surface area contributed by atoms with Crippen molar-refractivity contribution in [1.29, 1.82) is 0 Å². The van der Waals surface area contributed by atoms with E-state index in [1.165, 1.54) is 18.7 Å². The highest BCUT2D eigenvalue weighted by Crippen LogP contribution is 2.25. The van der Waals surface area contributed by atoms with Gasteiger partial charge in [0.25, 0.3) is 0 Å². The fourth-order valence-corrected chi connectivity index (χ4v) is 3.79. The highest BCUT2D eigenvalue weighted by molar-refractivity contribution is 7.98. The van der Waals surface area contributed by atoms with Crippen molar-refractivity contribution in [2.75, 3.05) is 19.5 Å². The summed E-state index contributed by atoms with van der Waals surface area (Å²) in [7, 11) is 2.99. The van der Waals surface area contributed by atoms with Gasteiger partial charge in [-0.15, -0.1) is 11.8 Å². The minimum Gasteiger partial charge on any atom is -0.495 e. The van der Waals surface area contributed by atoms with Crippen LogP contribution in [-0.4, -0.2) is 24.7 Å². The molecular weight excluding hydrogens is 400 g/mol. The fourth-order valence-electron chi connectivity index (χ4n) is 2.90. The Bertz CT molecular complexity index is 1080. The van der Waals surface area contributed by atoms with Gasteiger partial charge in [0, 0.05) is 22.4 Å². The molecule has 0 aliphatic rings. The summed E-state index contributed by atoms with van der Waals surface area (Å²) >= 11 is 1.60. The molecule has 1 N–H and O–H groups in total. The molecule has 0 saturated heterocycles. The third-order valence-electron chi connectivity index (χ3n) is 4.51. The summed E-state index contributed by atoms with van der Waals surface area (Å²) in [5.41, 5.74) is 2.31. The highest BCUT2D eigenvalue weighted by atomic mass is 32.2. The number of nitrogens with zero attached hydrogens (tertiary/aromatic N) is 1. The zero-order valence-corrected chi connectivity index (χ0v) is 18.0. The number of rotatable bonds is 8. The number of carbonyl (C=O) groups excluding carboxylic acids is 1. The lowest BCUT2D eigenvalue weighted by Crippen LogP contribution is -2.23. The number of thioether (sulfide) groups is 1. The second-order valence-electron chi connectivity index (χ2n) is 6.68. The van der Waals surface area contributed by atoms with Gasteiger partial charge >= 0.3 is 0 Å². The number of pyridine rings is 1. The van der Waals surface area contributed by atoms with Crippen LogP contribution >= 0.6 is 11.8 Å². The second-order valence-corrected chi connectivity index (χ2v) is 7.72. The Kier molecular flexibility index (Phi) is 7.19. The summed E-state index contributed by atoms with van der Waals surface area (Å²) in [6.07, 6.45) is 1.58. The fraction of sp³-hybridized carbons (Fsp3) is 0.217. The number of aromatic nitrogens is 1. The number of methoxy groups -OCH3 is 2. The van der Waals surface area contributed by atoms with Crippen LogP contribution in [0.1, 0.15) is 11.3 Å². The van der Waals surface area contributed by atoms with E-state index in [4.69, 9.17) is 9.47 Å². The van der Waals surface area contributed by atoms with Gasteiger partial charge in [-0.2, -0.15) is 0 Å². The first-order chi connectivity index (χ1) is 14.5. The van der Waals surface area contributed by atoms with Crippen molar-refractivity contribution in [3.8, 4) is 11.5 Å². The molecule has 1 amide bonds. The van der Waals surface area contributed by atoms with E-state index in [-0.39, 0.29) is 23.6 Å². The smallest absolute Gasteiger partial charge is 0.244 e. The molecule has 0 aliphatic heterocycles. The van der Waals surface area contributed by atoms with Crippen molar-refractivity contribution < 1.29 is 14.3 Å². The van der Waals surface area contributed by atoms with Crippen molar-refractivity contribution in [2.24, 2.45) is 0 Å². The molecule has 0 spiro atoms. The van der Waals surface area contributed by atoms with Crippen LogP contribution in [0.25, 0.3) is 0 Å². The number of ether oxygens (including phenoxy) is 2. The van der Waals surface area contributed by atoms with Crippen LogP contribution in [0.2, 0.25) is 0 Å². The Morgan fingerprint density at radius 3 is 2.43 bits per heavy atom. The molecule has 0 radical (unpaired) electrons.